The summed E-state index contributed by atoms with van der Waals surface area (Å²) in [6.45, 7) is 0. The maximum Gasteiger partial charge on any atom is 0.225 e. The van der Waals surface area contributed by atoms with Gasteiger partial charge in [-0.15, -0.1) is 0 Å². The number of hydrogen-bond donors (Lipinski definition) is 1. The van der Waals surface area contributed by atoms with Crippen molar-refractivity contribution in [1.29, 1.82) is 0 Å². The molecule has 1 saturated heterocycles. The van der Waals surface area contributed by atoms with Crippen molar-refractivity contribution in [2.24, 2.45) is 0 Å². The number of carbonyl (C=O) groups excluding carboxylic acids is 1. The van der Waals surface area contributed by atoms with E-state index >= 15 is 0 Å². The predicted octanol–water partition coefficient (Wildman–Crippen LogP) is 0.224. The highest BCUT2D eigenvalue weighted by Gasteiger charge is 2.12. The van der Waals surface area contributed by atoms with Gasteiger partial charge in [-0.25, -0.2) is 0 Å². The molecule has 0 aromatic heterocycles. The summed E-state index contributed by atoms with van der Waals surface area (Å²) in [6.07, 6.45) is 1.33. The standard InChI is InChI=1S/C4H5NOS/c6-3-1-2-4(7)5-3/h1-2H2,(H,5,6,7). The largest absolute Gasteiger partial charge is 0.320 e. The third-order valence-corrected chi connectivity index (χ3v) is 1.16. The first-order valence-corrected chi connectivity index (χ1v) is 2.52. The summed E-state index contributed by atoms with van der Waals surface area (Å²) >= 11 is 4.66. The normalized spacial score (nSPS) is 20.0. The molecule has 7 heavy (non-hydrogen) atoms. The molecule has 0 aliphatic carbocycles. The third kappa shape index (κ3) is 0.962. The van der Waals surface area contributed by atoms with Crippen LogP contribution in [0.25, 0.3) is 0 Å². The monoisotopic (exact) mass is 115 g/mol. The van der Waals surface area contributed by atoms with E-state index in [1.54, 1.807) is 0 Å². The smallest absolute Gasteiger partial charge is 0.225 e. The van der Waals surface area contributed by atoms with Crippen molar-refractivity contribution < 1.29 is 4.79 Å². The molecule has 1 aliphatic heterocycles. The van der Waals surface area contributed by atoms with Gasteiger partial charge in [0.25, 0.3) is 0 Å². The van der Waals surface area contributed by atoms with E-state index in [0.29, 0.717) is 11.4 Å². The van der Waals surface area contributed by atoms with Gasteiger partial charge in [-0.3, -0.25) is 4.79 Å². The lowest BCUT2D eigenvalue weighted by Gasteiger charge is -1.83. The van der Waals surface area contributed by atoms with E-state index < -0.39 is 0 Å². The van der Waals surface area contributed by atoms with Crippen molar-refractivity contribution in [3.8, 4) is 0 Å². The molecular weight excluding hydrogens is 110 g/mol. The van der Waals surface area contributed by atoms with Gasteiger partial charge >= 0.3 is 0 Å². The van der Waals surface area contributed by atoms with Crippen molar-refractivity contribution in [2.45, 2.75) is 12.8 Å². The zero-order valence-electron chi connectivity index (χ0n) is 3.73. The Morgan fingerprint density at radius 2 is 2.29 bits per heavy atom. The molecule has 0 unspecified atom stereocenters. The summed E-state index contributed by atoms with van der Waals surface area (Å²) in [5.74, 6) is 0.0602. The molecule has 3 heteroatoms. The molecule has 1 rings (SSSR count). The number of amides is 1. The number of thiocarbonyl (C=S) groups is 1. The molecule has 1 heterocycles. The molecule has 0 bridgehead atoms. The van der Waals surface area contributed by atoms with Crippen LogP contribution in [0.4, 0.5) is 0 Å². The van der Waals surface area contributed by atoms with Gasteiger partial charge in [0.05, 0.1) is 4.99 Å². The Bertz CT molecular complexity index is 107. The Morgan fingerprint density at radius 1 is 1.57 bits per heavy atom. The Hall–Kier alpha value is -0.440. The summed E-state index contributed by atoms with van der Waals surface area (Å²) in [7, 11) is 0. The van der Waals surface area contributed by atoms with Crippen LogP contribution in [0, 0.1) is 0 Å². The minimum absolute atomic E-state index is 0.0602. The van der Waals surface area contributed by atoms with Gasteiger partial charge in [0, 0.05) is 12.8 Å². The topological polar surface area (TPSA) is 29.1 Å². The molecule has 38 valence electrons. The Labute approximate surface area is 46.9 Å². The number of rotatable bonds is 0. The van der Waals surface area contributed by atoms with Crippen molar-refractivity contribution in [3.05, 3.63) is 0 Å². The lowest BCUT2D eigenvalue weighted by molar-refractivity contribution is -0.118. The highest BCUT2D eigenvalue weighted by molar-refractivity contribution is 7.80. The predicted molar refractivity (Wildman–Crippen MR) is 30.0 cm³/mol. The fourth-order valence-electron chi connectivity index (χ4n) is 0.508. The van der Waals surface area contributed by atoms with E-state index in [-0.39, 0.29) is 5.91 Å². The van der Waals surface area contributed by atoms with Gasteiger partial charge < -0.3 is 5.32 Å². The van der Waals surface area contributed by atoms with Crippen LogP contribution < -0.4 is 5.32 Å². The average Bonchev–Trinajstić information content (AvgIpc) is 1.87. The maximum absolute atomic E-state index is 10.3. The SMILES string of the molecule is O=C1CCC(=S)N1. The summed E-state index contributed by atoms with van der Waals surface area (Å²) in [4.78, 5) is 10.9. The molecule has 0 saturated carbocycles. The average molecular weight is 115 g/mol. The molecule has 1 amide bonds. The van der Waals surface area contributed by atoms with Crippen LogP contribution in [-0.2, 0) is 4.79 Å². The van der Waals surface area contributed by atoms with Crippen LogP contribution in [0.2, 0.25) is 0 Å². The molecular formula is C4H5NOS. The van der Waals surface area contributed by atoms with Crippen molar-refractivity contribution >= 4 is 23.1 Å². The van der Waals surface area contributed by atoms with E-state index in [0.717, 1.165) is 6.42 Å². The van der Waals surface area contributed by atoms with E-state index in [1.807, 2.05) is 0 Å². The first kappa shape index (κ1) is 4.71. The first-order valence-electron chi connectivity index (χ1n) is 2.12. The zero-order valence-corrected chi connectivity index (χ0v) is 4.55. The first-order chi connectivity index (χ1) is 3.29. The minimum atomic E-state index is 0.0602. The van der Waals surface area contributed by atoms with Gasteiger partial charge in [0.2, 0.25) is 5.91 Å². The lowest BCUT2D eigenvalue weighted by atomic mass is 10.4. The summed E-state index contributed by atoms with van der Waals surface area (Å²) in [5, 5.41) is 2.51. The van der Waals surface area contributed by atoms with Crippen LogP contribution in [-0.4, -0.2) is 10.9 Å². The molecule has 2 nitrogen and oxygen atoms in total. The quantitative estimate of drug-likeness (QED) is 0.458. The highest BCUT2D eigenvalue weighted by atomic mass is 32.1. The lowest BCUT2D eigenvalue weighted by Crippen LogP contribution is -2.17. The molecule has 0 aromatic carbocycles. The van der Waals surface area contributed by atoms with Gasteiger partial charge in [-0.05, 0) is 0 Å². The summed E-state index contributed by atoms with van der Waals surface area (Å²) in [6, 6.07) is 0. The van der Waals surface area contributed by atoms with E-state index in [1.165, 1.54) is 0 Å². The van der Waals surface area contributed by atoms with Crippen molar-refractivity contribution in [2.75, 3.05) is 0 Å². The van der Waals surface area contributed by atoms with E-state index in [9.17, 15) is 4.79 Å². The second-order valence-electron chi connectivity index (χ2n) is 1.47. The highest BCUT2D eigenvalue weighted by Crippen LogP contribution is 1.98. The van der Waals surface area contributed by atoms with Gasteiger partial charge in [-0.2, -0.15) is 0 Å². The molecule has 0 radical (unpaired) electrons. The minimum Gasteiger partial charge on any atom is -0.320 e. The Balaban J connectivity index is 2.55. The second-order valence-corrected chi connectivity index (χ2v) is 1.96. The molecule has 0 aromatic rings. The molecule has 0 spiro atoms. The number of nitrogens with one attached hydrogen (secondary N) is 1. The van der Waals surface area contributed by atoms with Crippen LogP contribution in [0.5, 0.6) is 0 Å². The van der Waals surface area contributed by atoms with Gasteiger partial charge in [0.15, 0.2) is 0 Å². The van der Waals surface area contributed by atoms with Gasteiger partial charge in [-0.1, -0.05) is 12.2 Å². The fraction of sp³-hybridized carbons (Fsp3) is 0.500. The summed E-state index contributed by atoms with van der Waals surface area (Å²) < 4.78 is 0. The van der Waals surface area contributed by atoms with Gasteiger partial charge in [0.1, 0.15) is 0 Å². The number of carbonyl (C=O) groups is 1. The molecule has 1 N–H and O–H groups in total. The Morgan fingerprint density at radius 3 is 2.43 bits per heavy atom. The Kier molecular flexibility index (Phi) is 1.06. The van der Waals surface area contributed by atoms with Crippen LogP contribution in [0.1, 0.15) is 12.8 Å². The zero-order chi connectivity index (χ0) is 5.28. The van der Waals surface area contributed by atoms with Crippen molar-refractivity contribution in [3.63, 3.8) is 0 Å². The van der Waals surface area contributed by atoms with Crippen molar-refractivity contribution in [1.82, 2.24) is 5.32 Å². The molecule has 0 atom stereocenters. The second kappa shape index (κ2) is 1.58. The fourth-order valence-corrected chi connectivity index (χ4v) is 0.723. The van der Waals surface area contributed by atoms with E-state index in [4.69, 9.17) is 0 Å². The molecule has 1 aliphatic rings. The maximum atomic E-state index is 10.3. The third-order valence-electron chi connectivity index (χ3n) is 0.858. The number of hydrogen-bond acceptors (Lipinski definition) is 2. The van der Waals surface area contributed by atoms with Crippen LogP contribution in [0.3, 0.4) is 0 Å². The van der Waals surface area contributed by atoms with Crippen LogP contribution in [0.15, 0.2) is 0 Å². The summed E-state index contributed by atoms with van der Waals surface area (Å²) in [5.41, 5.74) is 0. The van der Waals surface area contributed by atoms with E-state index in [2.05, 4.69) is 17.5 Å². The van der Waals surface area contributed by atoms with Crippen LogP contribution >= 0.6 is 12.2 Å². The molecule has 1 fully saturated rings.